The number of nitrogens with one attached hydrogen (secondary N) is 2. The van der Waals surface area contributed by atoms with Crippen LogP contribution in [0.25, 0.3) is 97.5 Å². The summed E-state index contributed by atoms with van der Waals surface area (Å²) >= 11 is 3.28. The van der Waals surface area contributed by atoms with E-state index in [1.807, 2.05) is 30.3 Å². The second-order valence-electron chi connectivity index (χ2n) is 10.9. The van der Waals surface area contributed by atoms with Crippen LogP contribution in [0.4, 0.5) is 0 Å². The molecule has 0 bridgehead atoms. The molecule has 10 rings (SSSR count). The van der Waals surface area contributed by atoms with Crippen molar-refractivity contribution in [1.82, 2.24) is 39.9 Å². The number of H-pyrrole nitrogens is 2. The van der Waals surface area contributed by atoms with E-state index in [1.54, 1.807) is 54.6 Å². The third-order valence-electron chi connectivity index (χ3n) is 8.36. The Kier molecular flexibility index (Phi) is 5.33. The predicted molar refractivity (Wildman–Crippen MR) is 186 cm³/mol. The number of imidazole rings is 2. The molecule has 0 fully saturated rings. The van der Waals surface area contributed by atoms with E-state index in [9.17, 15) is 0 Å². The van der Waals surface area contributed by atoms with Crippen LogP contribution >= 0.6 is 22.7 Å². The van der Waals surface area contributed by atoms with Gasteiger partial charge in [-0.25, -0.2) is 9.97 Å². The number of aromatic amines is 2. The molecule has 0 aliphatic carbocycles. The fourth-order valence-corrected chi connectivity index (χ4v) is 8.35. The van der Waals surface area contributed by atoms with Gasteiger partial charge >= 0.3 is 0 Å². The average molecular weight is 633 g/mol. The van der Waals surface area contributed by atoms with Gasteiger partial charge in [0.15, 0.2) is 5.06 Å². The van der Waals surface area contributed by atoms with Gasteiger partial charge in [-0.3, -0.25) is 19.9 Å². The normalized spacial score (nSPS) is 12.0. The Morgan fingerprint density at radius 1 is 0.522 bits per heavy atom. The van der Waals surface area contributed by atoms with Gasteiger partial charge in [0.2, 0.25) is 0 Å². The molecule has 2 aromatic carbocycles. The Labute approximate surface area is 267 Å². The largest absolute Gasteiger partial charge is 0.487 e. The minimum atomic E-state index is 0.742. The maximum atomic E-state index is 5.89. The van der Waals surface area contributed by atoms with Gasteiger partial charge in [0.05, 0.1) is 61.7 Å². The molecule has 0 aliphatic heterocycles. The van der Waals surface area contributed by atoms with E-state index in [-0.39, 0.29) is 0 Å². The first-order valence-corrected chi connectivity index (χ1v) is 16.2. The van der Waals surface area contributed by atoms with Gasteiger partial charge in [-0.05, 0) is 66.7 Å². The van der Waals surface area contributed by atoms with Crippen molar-refractivity contribution in [3.05, 3.63) is 91.5 Å². The van der Waals surface area contributed by atoms with E-state index in [1.165, 1.54) is 0 Å². The molecule has 8 aromatic heterocycles. The monoisotopic (exact) mass is 632 g/mol. The maximum Gasteiger partial charge on any atom is 0.185 e. The fourth-order valence-electron chi connectivity index (χ4n) is 6.34. The van der Waals surface area contributed by atoms with Crippen molar-refractivity contribution in [2.24, 2.45) is 0 Å². The summed E-state index contributed by atoms with van der Waals surface area (Å²) in [7, 11) is 1.70. The summed E-state index contributed by atoms with van der Waals surface area (Å²) in [6.45, 7) is 0. The van der Waals surface area contributed by atoms with Crippen LogP contribution < -0.4 is 4.74 Å². The second kappa shape index (κ2) is 9.61. The molecule has 218 valence electrons. The molecular formula is C35H20N8OS2. The predicted octanol–water partition coefficient (Wildman–Crippen LogP) is 8.76. The highest BCUT2D eigenvalue weighted by atomic mass is 32.1. The number of aromatic nitrogens is 8. The first-order chi connectivity index (χ1) is 22.7. The molecule has 0 spiro atoms. The Hall–Kier alpha value is -5.78. The number of pyridine rings is 4. The zero-order valence-corrected chi connectivity index (χ0v) is 25.7. The number of benzene rings is 2. The molecule has 0 aliphatic rings. The smallest absolute Gasteiger partial charge is 0.185 e. The third kappa shape index (κ3) is 3.60. The SMILES string of the molecule is COc1sc(-c2ccc(-c3nc4c5cccnc5c5ncccc5c4[nH]3)s2)cc1-c1nc2c3cccnc3c3ncccc3c2[nH]1. The standard InChI is InChI=1S/C35H20N8OS2/c1-44-35-21(33-40-29-17-6-2-12-36-25(17)26-18(30(29)41-33)7-3-13-37-26)16-24(46-35)22-10-11-23(45-22)34-42-31-19-8-4-14-38-27(19)28-20(32(31)43-34)9-5-15-39-28/h2-16H,1H3,(H,40,41)(H,42,43). The van der Waals surface area contributed by atoms with Crippen LogP contribution in [0.1, 0.15) is 0 Å². The van der Waals surface area contributed by atoms with Gasteiger partial charge in [0, 0.05) is 56.1 Å². The first kappa shape index (κ1) is 25.5. The Balaban J connectivity index is 1.10. The van der Waals surface area contributed by atoms with Crippen LogP contribution in [0.3, 0.4) is 0 Å². The summed E-state index contributed by atoms with van der Waals surface area (Å²) in [5.41, 5.74) is 7.97. The Morgan fingerprint density at radius 3 is 1.61 bits per heavy atom. The summed E-state index contributed by atoms with van der Waals surface area (Å²) in [4.78, 5) is 39.1. The lowest BCUT2D eigenvalue weighted by Gasteiger charge is -2.03. The molecule has 0 atom stereocenters. The lowest BCUT2D eigenvalue weighted by atomic mass is 10.1. The molecule has 2 N–H and O–H groups in total. The van der Waals surface area contributed by atoms with Gasteiger partial charge < -0.3 is 14.7 Å². The first-order valence-electron chi connectivity index (χ1n) is 14.6. The number of nitrogens with zero attached hydrogens (tertiary/aromatic N) is 6. The topological polar surface area (TPSA) is 118 Å². The van der Waals surface area contributed by atoms with Gasteiger partial charge in [-0.15, -0.1) is 11.3 Å². The molecule has 0 unspecified atom stereocenters. The van der Waals surface area contributed by atoms with Crippen molar-refractivity contribution < 1.29 is 4.74 Å². The summed E-state index contributed by atoms with van der Waals surface area (Å²) in [5.74, 6) is 1.56. The van der Waals surface area contributed by atoms with Crippen molar-refractivity contribution in [2.75, 3.05) is 7.11 Å². The van der Waals surface area contributed by atoms with E-state index in [2.05, 4.69) is 66.3 Å². The van der Waals surface area contributed by atoms with Crippen LogP contribution in [0.15, 0.2) is 91.5 Å². The van der Waals surface area contributed by atoms with Crippen LogP contribution in [-0.4, -0.2) is 47.0 Å². The van der Waals surface area contributed by atoms with E-state index < -0.39 is 0 Å². The molecular weight excluding hydrogens is 613 g/mol. The number of hydrogen-bond acceptors (Lipinski definition) is 9. The van der Waals surface area contributed by atoms with Crippen LogP contribution in [-0.2, 0) is 0 Å². The molecule has 0 saturated carbocycles. The molecule has 9 nitrogen and oxygen atoms in total. The van der Waals surface area contributed by atoms with Crippen LogP contribution in [0.5, 0.6) is 5.06 Å². The molecule has 11 heteroatoms. The molecule has 10 aromatic rings. The molecule has 0 amide bonds. The highest BCUT2D eigenvalue weighted by molar-refractivity contribution is 7.24. The summed E-state index contributed by atoms with van der Waals surface area (Å²) in [6.07, 6.45) is 7.20. The number of rotatable bonds is 4. The summed E-state index contributed by atoms with van der Waals surface area (Å²) in [6, 6.07) is 22.4. The highest BCUT2D eigenvalue weighted by Gasteiger charge is 2.21. The summed E-state index contributed by atoms with van der Waals surface area (Å²) in [5, 5.41) is 4.72. The van der Waals surface area contributed by atoms with Crippen LogP contribution in [0, 0.1) is 0 Å². The Bertz CT molecular complexity index is 2680. The lowest BCUT2D eigenvalue weighted by molar-refractivity contribution is 0.428. The number of thiophene rings is 2. The quantitative estimate of drug-likeness (QED) is 0.186. The highest BCUT2D eigenvalue weighted by Crippen LogP contribution is 2.46. The Morgan fingerprint density at radius 2 is 1.02 bits per heavy atom. The lowest BCUT2D eigenvalue weighted by Crippen LogP contribution is -1.86. The van der Waals surface area contributed by atoms with E-state index >= 15 is 0 Å². The van der Waals surface area contributed by atoms with Crippen molar-refractivity contribution in [1.29, 1.82) is 0 Å². The van der Waals surface area contributed by atoms with Gasteiger partial charge in [-0.2, -0.15) is 0 Å². The van der Waals surface area contributed by atoms with Gasteiger partial charge in [-0.1, -0.05) is 11.3 Å². The van der Waals surface area contributed by atoms with Crippen LogP contribution in [0.2, 0.25) is 0 Å². The minimum Gasteiger partial charge on any atom is -0.487 e. The number of methoxy groups -OCH3 is 1. The maximum absolute atomic E-state index is 5.89. The summed E-state index contributed by atoms with van der Waals surface area (Å²) < 4.78 is 5.89. The molecule has 46 heavy (non-hydrogen) atoms. The fraction of sp³-hybridized carbons (Fsp3) is 0.0286. The number of fused-ring (bicyclic) bond motifs is 12. The number of hydrogen-bond donors (Lipinski definition) is 2. The van der Waals surface area contributed by atoms with Gasteiger partial charge in [0.25, 0.3) is 0 Å². The molecule has 8 heterocycles. The zero-order valence-electron chi connectivity index (χ0n) is 24.1. The van der Waals surface area contributed by atoms with E-state index in [4.69, 9.17) is 14.7 Å². The van der Waals surface area contributed by atoms with E-state index in [0.717, 1.165) is 103 Å². The molecule has 0 saturated heterocycles. The molecule has 0 radical (unpaired) electrons. The number of ether oxygens (including phenoxy) is 1. The van der Waals surface area contributed by atoms with Gasteiger partial charge in [0.1, 0.15) is 11.6 Å². The van der Waals surface area contributed by atoms with Crippen molar-refractivity contribution in [3.63, 3.8) is 0 Å². The van der Waals surface area contributed by atoms with Crippen molar-refractivity contribution >= 4 is 88.4 Å². The minimum absolute atomic E-state index is 0.742. The zero-order chi connectivity index (χ0) is 30.4. The second-order valence-corrected chi connectivity index (χ2v) is 13.0. The van der Waals surface area contributed by atoms with E-state index in [0.29, 0.717) is 0 Å². The van der Waals surface area contributed by atoms with Crippen molar-refractivity contribution in [2.45, 2.75) is 0 Å². The third-order valence-corrected chi connectivity index (χ3v) is 10.7. The average Bonchev–Trinajstić information content (AvgIpc) is 3.93. The van der Waals surface area contributed by atoms with Crippen molar-refractivity contribution in [3.8, 4) is 36.9 Å².